The van der Waals surface area contributed by atoms with Crippen LogP contribution in [-0.4, -0.2) is 0 Å². The molecule has 4 aliphatic rings. The lowest BCUT2D eigenvalue weighted by Crippen LogP contribution is -2.28. The summed E-state index contributed by atoms with van der Waals surface area (Å²) in [5, 5.41) is 0. The normalized spacial score (nSPS) is 16.5. The van der Waals surface area contributed by atoms with Gasteiger partial charge in [-0.3, -0.25) is 0 Å². The van der Waals surface area contributed by atoms with Gasteiger partial charge in [-0.05, 0) is 138 Å². The van der Waals surface area contributed by atoms with Crippen molar-refractivity contribution >= 4 is 22.6 Å². The summed E-state index contributed by atoms with van der Waals surface area (Å²) in [6.07, 6.45) is 7.16. The van der Waals surface area contributed by atoms with Gasteiger partial charge in [-0.15, -0.1) is 0 Å². The zero-order chi connectivity index (χ0) is 41.8. The van der Waals surface area contributed by atoms with Gasteiger partial charge >= 0.3 is 0 Å². The first kappa shape index (κ1) is 36.9. The summed E-state index contributed by atoms with van der Waals surface area (Å²) in [7, 11) is 0. The Labute approximate surface area is 366 Å². The molecule has 8 aromatic carbocycles. The van der Waals surface area contributed by atoms with Crippen molar-refractivity contribution in [1.29, 1.82) is 0 Å². The minimum atomic E-state index is -0.513. The van der Waals surface area contributed by atoms with Gasteiger partial charge in [-0.25, -0.2) is 0 Å². The number of fused-ring (bicyclic) bond motifs is 9. The molecule has 0 bridgehead atoms. The van der Waals surface area contributed by atoms with Gasteiger partial charge in [0.05, 0.1) is 5.41 Å². The fourth-order valence-electron chi connectivity index (χ4n) is 12.0. The van der Waals surface area contributed by atoms with E-state index in [1.165, 1.54) is 89.0 Å². The summed E-state index contributed by atoms with van der Waals surface area (Å²) in [5.74, 6) is 0. The van der Waals surface area contributed by atoms with Crippen molar-refractivity contribution in [3.05, 3.63) is 250 Å². The maximum Gasteiger partial charge on any atom is 0.0714 e. The third-order valence-corrected chi connectivity index (χ3v) is 14.7. The molecule has 0 unspecified atom stereocenters. The summed E-state index contributed by atoms with van der Waals surface area (Å²) in [5.41, 5.74) is 24.1. The molecule has 0 amide bonds. The van der Waals surface area contributed by atoms with Crippen molar-refractivity contribution in [2.24, 2.45) is 0 Å². The molecule has 0 spiro atoms. The molecule has 0 fully saturated rings. The highest BCUT2D eigenvalue weighted by Gasteiger charge is 2.47. The van der Waals surface area contributed by atoms with Gasteiger partial charge in [0.25, 0.3) is 0 Å². The average Bonchev–Trinajstić information content (AvgIpc) is 3.84. The fraction of sp³-hybridized carbons (Fsp3) is 0.148. The van der Waals surface area contributed by atoms with Crippen LogP contribution in [-0.2, 0) is 16.2 Å². The summed E-state index contributed by atoms with van der Waals surface area (Å²) in [6, 6.07) is 71.0. The molecule has 0 atom stereocenters. The van der Waals surface area contributed by atoms with Crippen LogP contribution in [0.25, 0.3) is 39.0 Å². The first-order valence-electron chi connectivity index (χ1n) is 22.3. The molecule has 298 valence electrons. The van der Waals surface area contributed by atoms with Gasteiger partial charge in [-0.2, -0.15) is 0 Å². The van der Waals surface area contributed by atoms with E-state index in [4.69, 9.17) is 0 Å². The minimum absolute atomic E-state index is 0.0879. The lowest BCUT2D eigenvalue weighted by molar-refractivity contribution is 0.656. The molecule has 12 rings (SSSR count). The highest BCUT2D eigenvalue weighted by atomic mass is 15.1. The SMILES string of the molecule is CC1(C)C2=CCCC=C2c2cc(N(c3ccc4c(c3)-c3ccccc3C4(C)C)c3ccc4c(c3)C(c3ccccc3)(c3ccccc3)c3ccccc3-4)cc(-c3ccccc3)c21. The second-order valence-electron chi connectivity index (χ2n) is 18.7. The molecule has 0 radical (unpaired) electrons. The maximum atomic E-state index is 2.56. The maximum absolute atomic E-state index is 2.56. The number of benzene rings is 8. The van der Waals surface area contributed by atoms with E-state index in [2.05, 4.69) is 233 Å². The molecule has 0 aliphatic heterocycles. The number of anilines is 3. The predicted molar refractivity (Wildman–Crippen MR) is 260 cm³/mol. The highest BCUT2D eigenvalue weighted by Crippen LogP contribution is 2.60. The Bertz CT molecular complexity index is 3120. The van der Waals surface area contributed by atoms with Gasteiger partial charge in [0, 0.05) is 27.9 Å². The van der Waals surface area contributed by atoms with Crippen LogP contribution in [0.15, 0.2) is 206 Å². The van der Waals surface area contributed by atoms with Crippen LogP contribution in [0, 0.1) is 0 Å². The standard InChI is InChI=1S/C61H49N/c1-59(2)53-29-17-14-27-47(53)51-36-43(33-35-55(51)59)62(45-37-50(40-20-8-5-9-21-40)58-52(38-45)48-28-15-18-30-54(48)60(58,3)4)44-32-34-49-46-26-16-19-31-56(46)61(57(49)39-44,41-22-10-6-11-23-41)42-24-12-7-13-25-42/h5-14,16-17,19-39H,15,18H2,1-4H3. The van der Waals surface area contributed by atoms with E-state index in [9.17, 15) is 0 Å². The van der Waals surface area contributed by atoms with E-state index in [1.807, 2.05) is 0 Å². The van der Waals surface area contributed by atoms with Crippen LogP contribution in [0.3, 0.4) is 0 Å². The molecule has 0 N–H and O–H groups in total. The molecule has 0 heterocycles. The zero-order valence-electron chi connectivity index (χ0n) is 35.9. The number of nitrogens with zero attached hydrogens (tertiary/aromatic N) is 1. The second kappa shape index (κ2) is 13.5. The van der Waals surface area contributed by atoms with Crippen molar-refractivity contribution in [1.82, 2.24) is 0 Å². The van der Waals surface area contributed by atoms with Crippen LogP contribution in [0.4, 0.5) is 17.1 Å². The van der Waals surface area contributed by atoms with Crippen LogP contribution < -0.4 is 4.90 Å². The Balaban J connectivity index is 1.17. The monoisotopic (exact) mass is 795 g/mol. The smallest absolute Gasteiger partial charge is 0.0714 e. The Morgan fingerprint density at radius 1 is 0.371 bits per heavy atom. The Hall–Kier alpha value is -6.96. The first-order chi connectivity index (χ1) is 30.3. The fourth-order valence-corrected chi connectivity index (χ4v) is 12.0. The van der Waals surface area contributed by atoms with Crippen LogP contribution in [0.5, 0.6) is 0 Å². The molecule has 0 saturated carbocycles. The molecule has 0 aromatic heterocycles. The Morgan fingerprint density at radius 3 is 1.60 bits per heavy atom. The van der Waals surface area contributed by atoms with Gasteiger partial charge < -0.3 is 4.90 Å². The molecule has 62 heavy (non-hydrogen) atoms. The number of hydrogen-bond donors (Lipinski definition) is 0. The summed E-state index contributed by atoms with van der Waals surface area (Å²) >= 11 is 0. The van der Waals surface area contributed by atoms with E-state index in [0.29, 0.717) is 0 Å². The third-order valence-electron chi connectivity index (χ3n) is 14.7. The lowest BCUT2D eigenvalue weighted by Gasteiger charge is -2.35. The lowest BCUT2D eigenvalue weighted by atomic mass is 9.67. The molecular formula is C61H49N. The summed E-state index contributed by atoms with van der Waals surface area (Å²) < 4.78 is 0. The number of rotatable bonds is 6. The quantitative estimate of drug-likeness (QED) is 0.162. The number of allylic oxidation sites excluding steroid dienone is 4. The van der Waals surface area contributed by atoms with Crippen molar-refractivity contribution in [3.8, 4) is 33.4 Å². The van der Waals surface area contributed by atoms with Crippen molar-refractivity contribution in [3.63, 3.8) is 0 Å². The first-order valence-corrected chi connectivity index (χ1v) is 22.3. The molecular weight excluding hydrogens is 747 g/mol. The Kier molecular flexibility index (Phi) is 8.04. The van der Waals surface area contributed by atoms with Crippen LogP contribution >= 0.6 is 0 Å². The predicted octanol–water partition coefficient (Wildman–Crippen LogP) is 15.9. The molecule has 8 aromatic rings. The van der Waals surface area contributed by atoms with Gasteiger partial charge in [0.1, 0.15) is 0 Å². The minimum Gasteiger partial charge on any atom is -0.310 e. The van der Waals surface area contributed by atoms with Crippen molar-refractivity contribution in [2.45, 2.75) is 56.8 Å². The van der Waals surface area contributed by atoms with Crippen LogP contribution in [0.2, 0.25) is 0 Å². The van der Waals surface area contributed by atoms with E-state index >= 15 is 0 Å². The van der Waals surface area contributed by atoms with E-state index < -0.39 is 5.41 Å². The molecule has 1 heteroatoms. The zero-order valence-corrected chi connectivity index (χ0v) is 35.9. The van der Waals surface area contributed by atoms with E-state index in [0.717, 1.165) is 29.9 Å². The van der Waals surface area contributed by atoms with Gasteiger partial charge in [0.2, 0.25) is 0 Å². The van der Waals surface area contributed by atoms with E-state index in [1.54, 1.807) is 0 Å². The topological polar surface area (TPSA) is 3.24 Å². The van der Waals surface area contributed by atoms with Crippen molar-refractivity contribution in [2.75, 3.05) is 4.90 Å². The van der Waals surface area contributed by atoms with Gasteiger partial charge in [-0.1, -0.05) is 192 Å². The molecule has 4 aliphatic carbocycles. The second-order valence-corrected chi connectivity index (χ2v) is 18.7. The molecule has 0 saturated heterocycles. The summed E-state index contributed by atoms with van der Waals surface area (Å²) in [6.45, 7) is 9.60. The van der Waals surface area contributed by atoms with E-state index in [-0.39, 0.29) is 10.8 Å². The Morgan fingerprint density at radius 2 is 0.887 bits per heavy atom. The van der Waals surface area contributed by atoms with Crippen molar-refractivity contribution < 1.29 is 0 Å². The largest absolute Gasteiger partial charge is 0.310 e. The third kappa shape index (κ3) is 5.09. The number of hydrogen-bond acceptors (Lipinski definition) is 1. The highest BCUT2D eigenvalue weighted by molar-refractivity contribution is 5.98. The van der Waals surface area contributed by atoms with Crippen LogP contribution in [0.1, 0.15) is 85.0 Å². The molecule has 1 nitrogen and oxygen atoms in total. The van der Waals surface area contributed by atoms with Gasteiger partial charge in [0.15, 0.2) is 0 Å². The summed E-state index contributed by atoms with van der Waals surface area (Å²) in [4.78, 5) is 2.56. The average molecular weight is 796 g/mol.